The standard InChI is InChI=1S/C23H24NO2/c1-5-17-11-15(2)12-19-20(25)16(3)22(26-21(17)19)24-13-23(4,14-24)18-9-7-6-8-10-18/h6-12H,1,5,13-14H2,2-4H3. The van der Waals surface area contributed by atoms with Crippen LogP contribution >= 0.6 is 0 Å². The van der Waals surface area contributed by atoms with Gasteiger partial charge in [0.2, 0.25) is 5.88 Å². The third kappa shape index (κ3) is 2.54. The van der Waals surface area contributed by atoms with Gasteiger partial charge in [0, 0.05) is 18.5 Å². The molecule has 3 nitrogen and oxygen atoms in total. The van der Waals surface area contributed by atoms with Gasteiger partial charge in [-0.15, -0.1) is 0 Å². The van der Waals surface area contributed by atoms with Crippen molar-refractivity contribution in [3.8, 4) is 0 Å². The quantitative estimate of drug-likeness (QED) is 0.697. The smallest absolute Gasteiger partial charge is 0.203 e. The normalized spacial score (nSPS) is 15.9. The second-order valence-electron chi connectivity index (χ2n) is 7.69. The maximum Gasteiger partial charge on any atom is 0.203 e. The lowest BCUT2D eigenvalue weighted by Gasteiger charge is -2.49. The van der Waals surface area contributed by atoms with Crippen molar-refractivity contribution in [1.82, 2.24) is 0 Å². The van der Waals surface area contributed by atoms with Crippen molar-refractivity contribution in [2.24, 2.45) is 0 Å². The number of nitrogens with zero attached hydrogens (tertiary/aromatic N) is 1. The lowest BCUT2D eigenvalue weighted by molar-refractivity contribution is 0.342. The molecule has 0 unspecified atom stereocenters. The molecule has 1 radical (unpaired) electrons. The van der Waals surface area contributed by atoms with E-state index in [1.807, 2.05) is 26.0 Å². The summed E-state index contributed by atoms with van der Waals surface area (Å²) >= 11 is 0. The van der Waals surface area contributed by atoms with Crippen LogP contribution in [0.3, 0.4) is 0 Å². The Morgan fingerprint density at radius 1 is 1.15 bits per heavy atom. The van der Waals surface area contributed by atoms with Crippen molar-refractivity contribution in [3.05, 3.63) is 81.9 Å². The fourth-order valence-corrected chi connectivity index (χ4v) is 4.06. The zero-order valence-electron chi connectivity index (χ0n) is 15.6. The van der Waals surface area contributed by atoms with Crippen molar-refractivity contribution in [3.63, 3.8) is 0 Å². The molecule has 3 heteroatoms. The second kappa shape index (κ2) is 6.01. The van der Waals surface area contributed by atoms with E-state index in [9.17, 15) is 4.79 Å². The summed E-state index contributed by atoms with van der Waals surface area (Å²) in [6.45, 7) is 11.8. The van der Waals surface area contributed by atoms with Crippen LogP contribution in [0.1, 0.15) is 29.2 Å². The van der Waals surface area contributed by atoms with E-state index in [0.717, 1.165) is 24.2 Å². The molecular weight excluding hydrogens is 322 g/mol. The number of anilines is 1. The van der Waals surface area contributed by atoms with Crippen LogP contribution in [0.25, 0.3) is 11.0 Å². The molecule has 1 aliphatic rings. The monoisotopic (exact) mass is 346 g/mol. The SMILES string of the molecule is [CH2]Cc1cc(C)cc2c(=O)c(C)c(N3CC(C)(c4ccccc4)C3)oc12. The molecule has 4 rings (SSSR count). The Bertz CT molecular complexity index is 1030. The van der Waals surface area contributed by atoms with Crippen LogP contribution in [0.4, 0.5) is 5.88 Å². The summed E-state index contributed by atoms with van der Waals surface area (Å²) in [4.78, 5) is 15.1. The maximum absolute atomic E-state index is 12.9. The second-order valence-corrected chi connectivity index (χ2v) is 7.69. The van der Waals surface area contributed by atoms with Gasteiger partial charge >= 0.3 is 0 Å². The van der Waals surface area contributed by atoms with E-state index >= 15 is 0 Å². The number of benzene rings is 2. The van der Waals surface area contributed by atoms with Crippen molar-refractivity contribution < 1.29 is 4.42 Å². The number of aryl methyl sites for hydroxylation is 1. The van der Waals surface area contributed by atoms with E-state index in [1.165, 1.54) is 5.56 Å². The summed E-state index contributed by atoms with van der Waals surface area (Å²) in [5.41, 5.74) is 4.90. The van der Waals surface area contributed by atoms with Gasteiger partial charge < -0.3 is 9.32 Å². The van der Waals surface area contributed by atoms with E-state index in [0.29, 0.717) is 28.8 Å². The first-order chi connectivity index (χ1) is 12.4. The molecule has 0 N–H and O–H groups in total. The van der Waals surface area contributed by atoms with E-state index in [4.69, 9.17) is 4.42 Å². The van der Waals surface area contributed by atoms with Gasteiger partial charge in [-0.2, -0.15) is 0 Å². The molecule has 1 aromatic heterocycles. The molecule has 0 atom stereocenters. The zero-order chi connectivity index (χ0) is 18.5. The number of rotatable bonds is 3. The summed E-state index contributed by atoms with van der Waals surface area (Å²) in [6.07, 6.45) is 0.603. The van der Waals surface area contributed by atoms with Crippen molar-refractivity contribution in [2.75, 3.05) is 18.0 Å². The molecule has 3 aromatic rings. The lowest BCUT2D eigenvalue weighted by Crippen LogP contribution is -2.58. The highest BCUT2D eigenvalue weighted by Crippen LogP contribution is 2.39. The van der Waals surface area contributed by atoms with E-state index < -0.39 is 0 Å². The molecule has 0 aliphatic carbocycles. The third-order valence-electron chi connectivity index (χ3n) is 5.52. The molecule has 0 spiro atoms. The fraction of sp³-hybridized carbons (Fsp3) is 0.304. The van der Waals surface area contributed by atoms with Crippen LogP contribution in [-0.4, -0.2) is 13.1 Å². The summed E-state index contributed by atoms with van der Waals surface area (Å²) in [5.74, 6) is 0.703. The summed E-state index contributed by atoms with van der Waals surface area (Å²) in [7, 11) is 0. The third-order valence-corrected chi connectivity index (χ3v) is 5.52. The molecule has 1 fully saturated rings. The van der Waals surface area contributed by atoms with Gasteiger partial charge in [0.05, 0.1) is 10.9 Å². The minimum Gasteiger partial charge on any atom is -0.440 e. The zero-order valence-corrected chi connectivity index (χ0v) is 15.6. The van der Waals surface area contributed by atoms with Crippen LogP contribution in [0, 0.1) is 20.8 Å². The van der Waals surface area contributed by atoms with Crippen molar-refractivity contribution in [1.29, 1.82) is 0 Å². The lowest BCUT2D eigenvalue weighted by atomic mass is 9.75. The van der Waals surface area contributed by atoms with Crippen LogP contribution in [0.2, 0.25) is 0 Å². The van der Waals surface area contributed by atoms with Gasteiger partial charge in [-0.25, -0.2) is 0 Å². The van der Waals surface area contributed by atoms with Gasteiger partial charge in [-0.05, 0) is 49.9 Å². The Kier molecular flexibility index (Phi) is 3.91. The average Bonchev–Trinajstić information content (AvgIpc) is 2.62. The molecular formula is C23H24NO2. The van der Waals surface area contributed by atoms with E-state index in [1.54, 1.807) is 0 Å². The largest absolute Gasteiger partial charge is 0.440 e. The Morgan fingerprint density at radius 2 is 1.85 bits per heavy atom. The molecule has 26 heavy (non-hydrogen) atoms. The highest BCUT2D eigenvalue weighted by molar-refractivity contribution is 5.83. The molecule has 2 heterocycles. The van der Waals surface area contributed by atoms with Gasteiger partial charge in [-0.3, -0.25) is 4.79 Å². The van der Waals surface area contributed by atoms with Crippen LogP contribution in [-0.2, 0) is 11.8 Å². The van der Waals surface area contributed by atoms with Gasteiger partial charge in [0.15, 0.2) is 5.43 Å². The Morgan fingerprint density at radius 3 is 2.50 bits per heavy atom. The molecule has 0 saturated carbocycles. The first-order valence-corrected chi connectivity index (χ1v) is 9.09. The minimum atomic E-state index is 0.0629. The number of fused-ring (bicyclic) bond motifs is 1. The topological polar surface area (TPSA) is 33.5 Å². The fourth-order valence-electron chi connectivity index (χ4n) is 4.06. The predicted molar refractivity (Wildman–Crippen MR) is 107 cm³/mol. The van der Waals surface area contributed by atoms with Crippen molar-refractivity contribution in [2.45, 2.75) is 32.6 Å². The Labute approximate surface area is 154 Å². The summed E-state index contributed by atoms with van der Waals surface area (Å²) < 4.78 is 6.27. The van der Waals surface area contributed by atoms with Gasteiger partial charge in [0.25, 0.3) is 0 Å². The molecule has 1 saturated heterocycles. The number of hydrogen-bond donors (Lipinski definition) is 0. The van der Waals surface area contributed by atoms with Crippen LogP contribution < -0.4 is 10.3 Å². The molecule has 0 bridgehead atoms. The highest BCUT2D eigenvalue weighted by Gasteiger charge is 2.42. The van der Waals surface area contributed by atoms with Gasteiger partial charge in [0.1, 0.15) is 5.58 Å². The van der Waals surface area contributed by atoms with E-state index in [2.05, 4.69) is 49.1 Å². The highest BCUT2D eigenvalue weighted by atomic mass is 16.4. The first-order valence-electron chi connectivity index (χ1n) is 9.09. The van der Waals surface area contributed by atoms with Crippen LogP contribution in [0.5, 0.6) is 0 Å². The molecule has 1 aliphatic heterocycles. The van der Waals surface area contributed by atoms with Crippen molar-refractivity contribution >= 4 is 16.9 Å². The van der Waals surface area contributed by atoms with E-state index in [-0.39, 0.29) is 10.8 Å². The summed E-state index contributed by atoms with van der Waals surface area (Å²) in [6, 6.07) is 14.5. The first kappa shape index (κ1) is 16.9. The summed E-state index contributed by atoms with van der Waals surface area (Å²) in [5, 5.41) is 0.663. The molecule has 133 valence electrons. The van der Waals surface area contributed by atoms with Gasteiger partial charge in [-0.1, -0.05) is 43.3 Å². The van der Waals surface area contributed by atoms with Crippen LogP contribution in [0.15, 0.2) is 51.7 Å². The maximum atomic E-state index is 12.9. The predicted octanol–water partition coefficient (Wildman–Crippen LogP) is 4.56. The minimum absolute atomic E-state index is 0.0629. The number of hydrogen-bond acceptors (Lipinski definition) is 3. The molecule has 2 aromatic carbocycles. The Balaban J connectivity index is 1.76. The Hall–Kier alpha value is -2.55. The molecule has 0 amide bonds. The average molecular weight is 346 g/mol.